The van der Waals surface area contributed by atoms with Gasteiger partial charge < -0.3 is 30.4 Å². The number of aromatic nitrogens is 4. The van der Waals surface area contributed by atoms with E-state index in [0.717, 1.165) is 0 Å². The van der Waals surface area contributed by atoms with E-state index in [9.17, 15) is 39.6 Å². The summed E-state index contributed by atoms with van der Waals surface area (Å²) in [5.74, 6) is -5.50. The van der Waals surface area contributed by atoms with Crippen molar-refractivity contribution < 1.29 is 79.5 Å². The Morgan fingerprint density at radius 3 is 0.892 bits per heavy atom. The van der Waals surface area contributed by atoms with Gasteiger partial charge in [-0.25, -0.2) is 29.1 Å². The molecule has 0 aliphatic carbocycles. The number of hydrogen-bond donors (Lipinski definition) is 6. The van der Waals surface area contributed by atoms with Gasteiger partial charge in [-0.2, -0.15) is 0 Å². The van der Waals surface area contributed by atoms with Gasteiger partial charge in [0.25, 0.3) is 0 Å². The minimum Gasteiger partial charge on any atom is -0.478 e. The molecule has 0 radical (unpaired) electrons. The van der Waals surface area contributed by atoms with Gasteiger partial charge in [-0.3, -0.25) is 0 Å². The first-order chi connectivity index (χ1) is 17.2. The van der Waals surface area contributed by atoms with Crippen LogP contribution in [0.4, 0.5) is 0 Å². The number of carboxylic acid groups (broad SMARTS) is 4. The third kappa shape index (κ3) is 4.44. The second kappa shape index (κ2) is 9.69. The Labute approximate surface area is 237 Å². The predicted molar refractivity (Wildman–Crippen MR) is 127 cm³/mol. The van der Waals surface area contributed by atoms with E-state index in [1.165, 1.54) is 48.6 Å². The van der Waals surface area contributed by atoms with Gasteiger partial charge in [0.05, 0.1) is 44.8 Å². The number of carbonyl (C=O) groups is 4. The quantitative estimate of drug-likeness (QED) is 0.168. The Balaban J connectivity index is 0.00000320. The number of fused-ring (bicyclic) bond motifs is 8. The average molecular weight is 644 g/mol. The first-order valence-corrected chi connectivity index (χ1v) is 10.2. The molecule has 3 aromatic heterocycles. The molecule has 13 heteroatoms. The number of nitrogens with one attached hydrogen (secondary N) is 2. The van der Waals surface area contributed by atoms with Crippen LogP contribution in [0.2, 0.25) is 0 Å². The molecule has 0 spiro atoms. The Morgan fingerprint density at radius 2 is 0.703 bits per heavy atom. The largest absolute Gasteiger partial charge is 0.478 e. The van der Waals surface area contributed by atoms with Crippen LogP contribution in [-0.2, 0) is 0 Å². The summed E-state index contributed by atoms with van der Waals surface area (Å²) in [6, 6.07) is 5.41. The molecular formula is C24H14GdN4O8. The molecule has 0 fully saturated rings. The monoisotopic (exact) mass is 644 g/mol. The number of hydrogen-bond acceptors (Lipinski definition) is 6. The predicted octanol–water partition coefficient (Wildman–Crippen LogP) is 3.45. The maximum atomic E-state index is 12.1. The molecule has 0 atom stereocenters. The first-order valence-electron chi connectivity index (χ1n) is 10.2. The van der Waals surface area contributed by atoms with E-state index in [-0.39, 0.29) is 107 Å². The van der Waals surface area contributed by atoms with Crippen molar-refractivity contribution in [1.82, 2.24) is 19.9 Å². The van der Waals surface area contributed by atoms with Gasteiger partial charge in [-0.15, -0.1) is 0 Å². The number of carboxylic acids is 4. The van der Waals surface area contributed by atoms with E-state index in [4.69, 9.17) is 0 Å². The van der Waals surface area contributed by atoms with Gasteiger partial charge in [0.2, 0.25) is 0 Å². The Bertz CT molecular complexity index is 1520. The number of nitrogens with zero attached hydrogens (tertiary/aromatic N) is 2. The van der Waals surface area contributed by atoms with Crippen molar-refractivity contribution in [1.29, 1.82) is 0 Å². The molecule has 5 rings (SSSR count). The maximum absolute atomic E-state index is 12.1. The number of H-pyrrole nitrogens is 2. The molecule has 6 N–H and O–H groups in total. The Hall–Kier alpha value is -4.20. The van der Waals surface area contributed by atoms with E-state index in [1.807, 2.05) is 0 Å². The van der Waals surface area contributed by atoms with Crippen molar-refractivity contribution in [3.05, 3.63) is 69.3 Å². The van der Waals surface area contributed by atoms with Crippen LogP contribution in [0, 0.1) is 39.9 Å². The van der Waals surface area contributed by atoms with Gasteiger partial charge in [-0.05, 0) is 48.6 Å². The van der Waals surface area contributed by atoms with Gasteiger partial charge in [0.1, 0.15) is 22.3 Å². The maximum Gasteiger partial charge on any atom is 0.340 e. The molecule has 186 valence electrons. The Morgan fingerprint density at radius 1 is 0.486 bits per heavy atom. The third-order valence-corrected chi connectivity index (χ3v) is 5.61. The number of aromatic carboxylic acids is 4. The fourth-order valence-electron chi connectivity index (χ4n) is 4.11. The fourth-order valence-corrected chi connectivity index (χ4v) is 4.11. The van der Waals surface area contributed by atoms with Crippen LogP contribution in [0.15, 0.2) is 24.3 Å². The summed E-state index contributed by atoms with van der Waals surface area (Å²) in [5.41, 5.74) is -1.38. The van der Waals surface area contributed by atoms with Crippen molar-refractivity contribution in [3.8, 4) is 0 Å². The van der Waals surface area contributed by atoms with Crippen molar-refractivity contribution in [3.63, 3.8) is 0 Å². The van der Waals surface area contributed by atoms with Crippen LogP contribution in [0.1, 0.15) is 64.2 Å². The SMILES string of the molecule is O=C(O)c1c2nc(c(C(=O)O)c3ccc([nH]3)c(C(=O)O)c3nc(c(C(=O)O)c4ccc1[nH]4)C=C3)C=C2.[Gd]. The summed E-state index contributed by atoms with van der Waals surface area (Å²) in [5, 5.41) is 39.5. The number of aromatic amines is 2. The van der Waals surface area contributed by atoms with Crippen LogP contribution in [0.25, 0.3) is 46.4 Å². The minimum absolute atomic E-state index is 0. The van der Waals surface area contributed by atoms with E-state index >= 15 is 0 Å². The summed E-state index contributed by atoms with van der Waals surface area (Å²) < 4.78 is 0. The smallest absolute Gasteiger partial charge is 0.340 e. The van der Waals surface area contributed by atoms with Crippen molar-refractivity contribution >= 4 is 70.2 Å². The summed E-state index contributed by atoms with van der Waals surface area (Å²) >= 11 is 0. The summed E-state index contributed by atoms with van der Waals surface area (Å²) in [7, 11) is 0. The normalized spacial score (nSPS) is 11.7. The minimum atomic E-state index is -1.38. The summed E-state index contributed by atoms with van der Waals surface area (Å²) in [4.78, 5) is 62.4. The molecule has 2 aliphatic rings. The molecule has 2 aliphatic heterocycles. The van der Waals surface area contributed by atoms with E-state index < -0.39 is 23.9 Å². The molecule has 3 aromatic rings. The van der Waals surface area contributed by atoms with Gasteiger partial charge in [0, 0.05) is 39.9 Å². The van der Waals surface area contributed by atoms with E-state index in [2.05, 4.69) is 19.9 Å². The summed E-state index contributed by atoms with van der Waals surface area (Å²) in [6.45, 7) is 0. The van der Waals surface area contributed by atoms with Crippen LogP contribution in [-0.4, -0.2) is 64.2 Å². The van der Waals surface area contributed by atoms with Crippen LogP contribution < -0.4 is 0 Å². The van der Waals surface area contributed by atoms with Gasteiger partial charge in [-0.1, -0.05) is 0 Å². The zero-order chi connectivity index (χ0) is 25.7. The van der Waals surface area contributed by atoms with Crippen LogP contribution in [0.3, 0.4) is 0 Å². The van der Waals surface area contributed by atoms with Gasteiger partial charge in [0.15, 0.2) is 0 Å². The summed E-state index contributed by atoms with van der Waals surface area (Å²) in [6.07, 6.45) is 5.30. The van der Waals surface area contributed by atoms with Crippen molar-refractivity contribution in [2.24, 2.45) is 0 Å². The molecule has 0 amide bonds. The third-order valence-electron chi connectivity index (χ3n) is 5.61. The fraction of sp³-hybridized carbons (Fsp3) is 0. The molecule has 12 nitrogen and oxygen atoms in total. The second-order valence-electron chi connectivity index (χ2n) is 7.72. The molecule has 0 aromatic carbocycles. The zero-order valence-electron chi connectivity index (χ0n) is 18.3. The van der Waals surface area contributed by atoms with Crippen LogP contribution in [0.5, 0.6) is 0 Å². The Kier molecular flexibility index (Phi) is 6.78. The topological polar surface area (TPSA) is 207 Å². The standard InChI is InChI=1S/C24H14N4O8.Gd/c29-21(30)17-9-1-2-10(25-9)18(22(31)32)12-5-6-14(27-12)20(24(35)36)16-8-7-15(28-16)19(23(33)34)13-4-3-11(17)26-13;/h1-8,25,28H,(H,29,30)(H,31,32)(H,33,34)(H,35,36);. The molecule has 5 heterocycles. The van der Waals surface area contributed by atoms with Gasteiger partial charge >= 0.3 is 23.9 Å². The number of rotatable bonds is 4. The molecule has 0 saturated carbocycles. The van der Waals surface area contributed by atoms with Crippen molar-refractivity contribution in [2.45, 2.75) is 0 Å². The van der Waals surface area contributed by atoms with E-state index in [0.29, 0.717) is 0 Å². The van der Waals surface area contributed by atoms with E-state index in [1.54, 1.807) is 0 Å². The molecule has 0 saturated heterocycles. The molecule has 0 unspecified atom stereocenters. The second-order valence-corrected chi connectivity index (χ2v) is 7.72. The average Bonchev–Trinajstić information content (AvgIpc) is 3.57. The van der Waals surface area contributed by atoms with Crippen molar-refractivity contribution in [2.75, 3.05) is 0 Å². The zero-order valence-corrected chi connectivity index (χ0v) is 20.6. The molecular weight excluding hydrogens is 630 g/mol. The molecule has 37 heavy (non-hydrogen) atoms. The first kappa shape index (κ1) is 25.9. The van der Waals surface area contributed by atoms with Crippen LogP contribution >= 0.6 is 0 Å². The molecule has 8 bridgehead atoms.